The number of piperazine rings is 1. The molecule has 0 radical (unpaired) electrons. The highest BCUT2D eigenvalue weighted by molar-refractivity contribution is 9.10. The van der Waals surface area contributed by atoms with Crippen molar-refractivity contribution in [3.63, 3.8) is 0 Å². The van der Waals surface area contributed by atoms with Crippen LogP contribution in [0.15, 0.2) is 16.7 Å². The quantitative estimate of drug-likeness (QED) is 0.833. The summed E-state index contributed by atoms with van der Waals surface area (Å²) in [4.78, 5) is 20.9. The van der Waals surface area contributed by atoms with E-state index in [1.54, 1.807) is 0 Å². The van der Waals surface area contributed by atoms with Crippen LogP contribution in [0.4, 0.5) is 5.82 Å². The van der Waals surface area contributed by atoms with Gasteiger partial charge in [-0.2, -0.15) is 0 Å². The summed E-state index contributed by atoms with van der Waals surface area (Å²) in [5.74, 6) is 1.92. The maximum Gasteiger partial charge on any atom is 0.222 e. The standard InChI is InChI=1S/C16H24BrN3O/c1-12(2)4-5-15(21)19-6-8-20(9-7-19)16-13(3)10-14(17)11-18-16/h10-12H,4-9H2,1-3H3. The number of aromatic nitrogens is 1. The van der Waals surface area contributed by atoms with Crippen molar-refractivity contribution in [3.05, 3.63) is 22.3 Å². The fourth-order valence-electron chi connectivity index (χ4n) is 2.60. The Balaban J connectivity index is 1.89. The first-order valence-electron chi connectivity index (χ1n) is 7.62. The number of halogens is 1. The average molecular weight is 354 g/mol. The summed E-state index contributed by atoms with van der Waals surface area (Å²) in [6.45, 7) is 9.72. The molecule has 21 heavy (non-hydrogen) atoms. The summed E-state index contributed by atoms with van der Waals surface area (Å²) >= 11 is 3.44. The first kappa shape index (κ1) is 16.3. The Morgan fingerprint density at radius 1 is 1.33 bits per heavy atom. The summed E-state index contributed by atoms with van der Waals surface area (Å²) in [5, 5.41) is 0. The number of hydrogen-bond acceptors (Lipinski definition) is 3. The number of carbonyl (C=O) groups excluding carboxylic acids is 1. The highest BCUT2D eigenvalue weighted by atomic mass is 79.9. The minimum Gasteiger partial charge on any atom is -0.353 e. The summed E-state index contributed by atoms with van der Waals surface area (Å²) in [5.41, 5.74) is 1.17. The van der Waals surface area contributed by atoms with Crippen molar-refractivity contribution < 1.29 is 4.79 Å². The molecule has 2 rings (SSSR count). The van der Waals surface area contributed by atoms with Crippen LogP contribution in [0, 0.1) is 12.8 Å². The Morgan fingerprint density at radius 2 is 2.00 bits per heavy atom. The van der Waals surface area contributed by atoms with Crippen LogP contribution in [0.2, 0.25) is 0 Å². The van der Waals surface area contributed by atoms with E-state index in [-0.39, 0.29) is 0 Å². The van der Waals surface area contributed by atoms with E-state index in [4.69, 9.17) is 0 Å². The molecule has 0 unspecified atom stereocenters. The third-order valence-corrected chi connectivity index (χ3v) is 4.32. The second kappa shape index (κ2) is 7.25. The average Bonchev–Trinajstić information content (AvgIpc) is 2.45. The highest BCUT2D eigenvalue weighted by Crippen LogP contribution is 2.22. The van der Waals surface area contributed by atoms with Crippen LogP contribution < -0.4 is 4.90 Å². The summed E-state index contributed by atoms with van der Waals surface area (Å²) in [7, 11) is 0. The molecule has 4 nitrogen and oxygen atoms in total. The molecule has 1 amide bonds. The molecule has 2 heterocycles. The lowest BCUT2D eigenvalue weighted by atomic mass is 10.1. The molecular weight excluding hydrogens is 330 g/mol. The lowest BCUT2D eigenvalue weighted by Crippen LogP contribution is -2.49. The monoisotopic (exact) mass is 353 g/mol. The van der Waals surface area contributed by atoms with E-state index in [2.05, 4.69) is 52.7 Å². The molecular formula is C16H24BrN3O. The fourth-order valence-corrected chi connectivity index (χ4v) is 3.05. The number of carbonyl (C=O) groups is 1. The van der Waals surface area contributed by atoms with E-state index in [9.17, 15) is 4.79 Å². The second-order valence-electron chi connectivity index (χ2n) is 6.09. The minimum atomic E-state index is 0.295. The first-order valence-corrected chi connectivity index (χ1v) is 8.41. The van der Waals surface area contributed by atoms with Crippen molar-refractivity contribution in [2.24, 2.45) is 5.92 Å². The number of nitrogens with zero attached hydrogens (tertiary/aromatic N) is 3. The van der Waals surface area contributed by atoms with Crippen molar-refractivity contribution in [2.75, 3.05) is 31.1 Å². The van der Waals surface area contributed by atoms with Gasteiger partial charge < -0.3 is 9.80 Å². The molecule has 0 atom stereocenters. The fraction of sp³-hybridized carbons (Fsp3) is 0.625. The molecule has 0 bridgehead atoms. The largest absolute Gasteiger partial charge is 0.353 e. The zero-order valence-corrected chi connectivity index (χ0v) is 14.7. The normalized spacial score (nSPS) is 15.7. The molecule has 0 aliphatic carbocycles. The molecule has 1 aromatic rings. The number of anilines is 1. The van der Waals surface area contributed by atoms with Gasteiger partial charge in [0.1, 0.15) is 5.82 Å². The molecule has 0 aromatic carbocycles. The van der Waals surface area contributed by atoms with Gasteiger partial charge >= 0.3 is 0 Å². The summed E-state index contributed by atoms with van der Waals surface area (Å²) in [6.07, 6.45) is 3.49. The zero-order chi connectivity index (χ0) is 15.4. The number of hydrogen-bond donors (Lipinski definition) is 0. The summed E-state index contributed by atoms with van der Waals surface area (Å²) in [6, 6.07) is 2.09. The molecule has 116 valence electrons. The van der Waals surface area contributed by atoms with Gasteiger partial charge in [-0.15, -0.1) is 0 Å². The molecule has 1 aliphatic rings. The molecule has 0 spiro atoms. The van der Waals surface area contributed by atoms with Gasteiger partial charge in [0.25, 0.3) is 0 Å². The number of amides is 1. The van der Waals surface area contributed by atoms with Crippen LogP contribution in [0.1, 0.15) is 32.3 Å². The molecule has 0 N–H and O–H groups in total. The number of aryl methyl sites for hydroxylation is 1. The predicted molar refractivity (Wildman–Crippen MR) is 89.5 cm³/mol. The van der Waals surface area contributed by atoms with Gasteiger partial charge in [-0.1, -0.05) is 13.8 Å². The van der Waals surface area contributed by atoms with Gasteiger partial charge in [-0.25, -0.2) is 4.98 Å². The minimum absolute atomic E-state index is 0.295. The lowest BCUT2D eigenvalue weighted by Gasteiger charge is -2.36. The molecule has 0 saturated carbocycles. The van der Waals surface area contributed by atoms with Crippen molar-refractivity contribution in [2.45, 2.75) is 33.6 Å². The van der Waals surface area contributed by atoms with Crippen LogP contribution >= 0.6 is 15.9 Å². The molecule has 1 saturated heterocycles. The van der Waals surface area contributed by atoms with Crippen molar-refractivity contribution >= 4 is 27.7 Å². The maximum atomic E-state index is 12.1. The first-order chi connectivity index (χ1) is 9.97. The van der Waals surface area contributed by atoms with Gasteiger partial charge in [0.15, 0.2) is 0 Å². The van der Waals surface area contributed by atoms with Gasteiger partial charge in [0.05, 0.1) is 0 Å². The third kappa shape index (κ3) is 4.43. The van der Waals surface area contributed by atoms with Gasteiger partial charge in [0, 0.05) is 43.3 Å². The van der Waals surface area contributed by atoms with Crippen LogP contribution in [-0.2, 0) is 4.79 Å². The Morgan fingerprint density at radius 3 is 2.57 bits per heavy atom. The van der Waals surface area contributed by atoms with Crippen molar-refractivity contribution in [3.8, 4) is 0 Å². The van der Waals surface area contributed by atoms with Crippen LogP contribution in [0.3, 0.4) is 0 Å². The van der Waals surface area contributed by atoms with E-state index in [0.29, 0.717) is 18.2 Å². The highest BCUT2D eigenvalue weighted by Gasteiger charge is 2.22. The molecule has 1 aliphatic heterocycles. The van der Waals surface area contributed by atoms with Crippen LogP contribution in [0.25, 0.3) is 0 Å². The van der Waals surface area contributed by atoms with Gasteiger partial charge in [0.2, 0.25) is 5.91 Å². The topological polar surface area (TPSA) is 36.4 Å². The predicted octanol–water partition coefficient (Wildman–Crippen LogP) is 3.24. The van der Waals surface area contributed by atoms with E-state index in [1.807, 2.05) is 11.1 Å². The maximum absolute atomic E-state index is 12.1. The number of rotatable bonds is 4. The van der Waals surface area contributed by atoms with Gasteiger partial charge in [-0.05, 0) is 46.8 Å². The summed E-state index contributed by atoms with van der Waals surface area (Å²) < 4.78 is 1.01. The SMILES string of the molecule is Cc1cc(Br)cnc1N1CCN(C(=O)CCC(C)C)CC1. The molecule has 1 aromatic heterocycles. The van der Waals surface area contributed by atoms with Crippen LogP contribution in [-0.4, -0.2) is 42.0 Å². The van der Waals surface area contributed by atoms with E-state index in [1.165, 1.54) is 5.56 Å². The van der Waals surface area contributed by atoms with E-state index >= 15 is 0 Å². The second-order valence-corrected chi connectivity index (χ2v) is 7.01. The lowest BCUT2D eigenvalue weighted by molar-refractivity contribution is -0.131. The Labute approximate surface area is 135 Å². The van der Waals surface area contributed by atoms with Crippen molar-refractivity contribution in [1.29, 1.82) is 0 Å². The number of pyridine rings is 1. The van der Waals surface area contributed by atoms with E-state index in [0.717, 1.165) is 42.9 Å². The van der Waals surface area contributed by atoms with E-state index < -0.39 is 0 Å². The van der Waals surface area contributed by atoms with Crippen LogP contribution in [0.5, 0.6) is 0 Å². The Hall–Kier alpha value is -1.10. The molecule has 1 fully saturated rings. The third-order valence-electron chi connectivity index (χ3n) is 3.88. The van der Waals surface area contributed by atoms with Crippen molar-refractivity contribution in [1.82, 2.24) is 9.88 Å². The molecule has 5 heteroatoms. The zero-order valence-electron chi connectivity index (χ0n) is 13.1. The smallest absolute Gasteiger partial charge is 0.222 e. The van der Waals surface area contributed by atoms with Gasteiger partial charge in [-0.3, -0.25) is 4.79 Å². The Bertz CT molecular complexity index is 496. The Kier molecular flexibility index (Phi) is 5.62.